The molecule has 9 heteroatoms. The Morgan fingerprint density at radius 2 is 1.52 bits per heavy atom. The zero-order chi connectivity index (χ0) is 20.4. The molecule has 0 saturated heterocycles. The normalized spacial score (nSPS) is 11.4. The minimum absolute atomic E-state index is 0.0170. The van der Waals surface area contributed by atoms with Gasteiger partial charge in [0.1, 0.15) is 5.82 Å². The second-order valence-electron chi connectivity index (χ2n) is 6.11. The van der Waals surface area contributed by atoms with Crippen molar-refractivity contribution in [1.82, 2.24) is 9.97 Å². The van der Waals surface area contributed by atoms with E-state index in [2.05, 4.69) is 20.0 Å². The Morgan fingerprint density at radius 1 is 0.828 bits per heavy atom. The van der Waals surface area contributed by atoms with Crippen LogP contribution in [0.2, 0.25) is 5.02 Å². The molecule has 0 atom stereocenters. The molecule has 0 spiro atoms. The highest BCUT2D eigenvalue weighted by Crippen LogP contribution is 2.27. The van der Waals surface area contributed by atoms with Gasteiger partial charge in [-0.15, -0.1) is 0 Å². The lowest BCUT2D eigenvalue weighted by Crippen LogP contribution is -2.16. The molecule has 0 aliphatic carbocycles. The van der Waals surface area contributed by atoms with E-state index >= 15 is 0 Å². The number of nitrogens with one attached hydrogen (secondary N) is 2. The molecule has 1 heterocycles. The number of benzene rings is 3. The van der Waals surface area contributed by atoms with Gasteiger partial charge >= 0.3 is 0 Å². The average Bonchev–Trinajstić information content (AvgIpc) is 2.68. The maximum atomic E-state index is 13.6. The summed E-state index contributed by atoms with van der Waals surface area (Å²) >= 11 is 5.92. The number of hydrogen-bond donors (Lipinski definition) is 2. The van der Waals surface area contributed by atoms with Crippen molar-refractivity contribution < 1.29 is 12.8 Å². The van der Waals surface area contributed by atoms with Gasteiger partial charge in [-0.25, -0.2) is 22.8 Å². The Kier molecular flexibility index (Phi) is 5.04. The summed E-state index contributed by atoms with van der Waals surface area (Å²) in [5.41, 5.74) is 1.45. The summed E-state index contributed by atoms with van der Waals surface area (Å²) in [4.78, 5) is 8.81. The van der Waals surface area contributed by atoms with Gasteiger partial charge in [0, 0.05) is 10.7 Å². The van der Waals surface area contributed by atoms with Crippen LogP contribution in [0.25, 0.3) is 11.0 Å². The maximum absolute atomic E-state index is 13.6. The van der Waals surface area contributed by atoms with Crippen molar-refractivity contribution in [3.63, 3.8) is 0 Å². The molecule has 0 unspecified atom stereocenters. The Hall–Kier alpha value is -3.23. The third-order valence-electron chi connectivity index (χ3n) is 4.00. The number of anilines is 3. The van der Waals surface area contributed by atoms with Crippen LogP contribution in [0.3, 0.4) is 0 Å². The number of rotatable bonds is 5. The summed E-state index contributed by atoms with van der Waals surface area (Å²) in [5.74, 6) is -0.322. The zero-order valence-corrected chi connectivity index (χ0v) is 16.4. The van der Waals surface area contributed by atoms with Gasteiger partial charge in [-0.05, 0) is 48.5 Å². The number of hydrogen-bond acceptors (Lipinski definition) is 5. The van der Waals surface area contributed by atoms with Crippen molar-refractivity contribution >= 4 is 50.0 Å². The van der Waals surface area contributed by atoms with Gasteiger partial charge in [-0.1, -0.05) is 35.9 Å². The van der Waals surface area contributed by atoms with Crippen molar-refractivity contribution in [2.24, 2.45) is 0 Å². The highest BCUT2D eigenvalue weighted by atomic mass is 35.5. The fourth-order valence-corrected chi connectivity index (χ4v) is 3.99. The van der Waals surface area contributed by atoms with Crippen molar-refractivity contribution in [1.29, 1.82) is 0 Å². The van der Waals surface area contributed by atoms with Gasteiger partial charge < -0.3 is 5.32 Å². The summed E-state index contributed by atoms with van der Waals surface area (Å²) in [6, 6.07) is 18.6. The molecule has 0 fully saturated rings. The molecule has 2 N–H and O–H groups in total. The summed E-state index contributed by atoms with van der Waals surface area (Å²) in [6.07, 6.45) is 0. The highest BCUT2D eigenvalue weighted by molar-refractivity contribution is 7.92. The summed E-state index contributed by atoms with van der Waals surface area (Å²) in [5, 5.41) is 3.21. The largest absolute Gasteiger partial charge is 0.337 e. The zero-order valence-electron chi connectivity index (χ0n) is 14.8. The van der Waals surface area contributed by atoms with Crippen molar-refractivity contribution in [2.45, 2.75) is 4.90 Å². The van der Waals surface area contributed by atoms with Crippen LogP contribution in [0.4, 0.5) is 21.7 Å². The van der Waals surface area contributed by atoms with Crippen LogP contribution in [-0.4, -0.2) is 18.4 Å². The van der Waals surface area contributed by atoms with E-state index < -0.39 is 15.8 Å². The topological polar surface area (TPSA) is 84.0 Å². The highest BCUT2D eigenvalue weighted by Gasteiger charge is 2.19. The van der Waals surface area contributed by atoms with Gasteiger partial charge in [-0.2, -0.15) is 0 Å². The van der Waals surface area contributed by atoms with E-state index in [0.717, 1.165) is 0 Å². The van der Waals surface area contributed by atoms with Crippen LogP contribution in [0.1, 0.15) is 0 Å². The predicted octanol–water partition coefficient (Wildman–Crippen LogP) is 4.97. The number of halogens is 2. The molecule has 29 heavy (non-hydrogen) atoms. The fraction of sp³-hybridized carbons (Fsp3) is 0. The Labute approximate surface area is 171 Å². The van der Waals surface area contributed by atoms with Crippen molar-refractivity contribution in [3.05, 3.63) is 83.6 Å². The standard InChI is InChI=1S/C20H14ClFN4O2S/c21-13-5-3-8-16(11-13)29(27,28)26-20-19(23-15-7-4-6-14(22)12-15)24-17-9-1-2-10-18(17)25-20/h1-12H,(H,23,24)(H,25,26). The molecule has 3 aromatic carbocycles. The molecule has 0 saturated carbocycles. The molecule has 0 aliphatic heterocycles. The summed E-state index contributed by atoms with van der Waals surface area (Å²) < 4.78 is 41.6. The van der Waals surface area contributed by atoms with E-state index in [4.69, 9.17) is 11.6 Å². The minimum atomic E-state index is -3.98. The molecule has 4 rings (SSSR count). The average molecular weight is 429 g/mol. The first kappa shape index (κ1) is 19.1. The Balaban J connectivity index is 1.79. The van der Waals surface area contributed by atoms with E-state index in [-0.39, 0.29) is 21.6 Å². The molecule has 4 aromatic rings. The number of fused-ring (bicyclic) bond motifs is 1. The smallest absolute Gasteiger partial charge is 0.263 e. The van der Waals surface area contributed by atoms with E-state index in [0.29, 0.717) is 16.7 Å². The van der Waals surface area contributed by atoms with E-state index in [1.807, 2.05) is 0 Å². The SMILES string of the molecule is O=S(=O)(Nc1nc2ccccc2nc1Nc1cccc(F)c1)c1cccc(Cl)c1. The van der Waals surface area contributed by atoms with Gasteiger partial charge in [0.05, 0.1) is 15.9 Å². The second-order valence-corrected chi connectivity index (χ2v) is 8.23. The van der Waals surface area contributed by atoms with E-state index in [1.54, 1.807) is 36.4 Å². The van der Waals surface area contributed by atoms with Crippen LogP contribution in [0.15, 0.2) is 77.7 Å². The lowest BCUT2D eigenvalue weighted by molar-refractivity contribution is 0.601. The molecular formula is C20H14ClFN4O2S. The summed E-state index contributed by atoms with van der Waals surface area (Å²) in [6.45, 7) is 0. The second kappa shape index (κ2) is 7.65. The molecule has 1 aromatic heterocycles. The molecular weight excluding hydrogens is 415 g/mol. The van der Waals surface area contributed by atoms with E-state index in [9.17, 15) is 12.8 Å². The van der Waals surface area contributed by atoms with Gasteiger partial charge in [-0.3, -0.25) is 4.72 Å². The molecule has 0 aliphatic rings. The van der Waals surface area contributed by atoms with Crippen LogP contribution in [0.5, 0.6) is 0 Å². The molecule has 0 radical (unpaired) electrons. The van der Waals surface area contributed by atoms with Gasteiger partial charge in [0.15, 0.2) is 11.6 Å². The first-order chi connectivity index (χ1) is 13.9. The Morgan fingerprint density at radius 3 is 2.21 bits per heavy atom. The predicted molar refractivity (Wildman–Crippen MR) is 111 cm³/mol. The maximum Gasteiger partial charge on any atom is 0.263 e. The van der Waals surface area contributed by atoms with Gasteiger partial charge in [0.2, 0.25) is 0 Å². The van der Waals surface area contributed by atoms with E-state index in [1.165, 1.54) is 36.4 Å². The number of aromatic nitrogens is 2. The Bertz CT molecular complexity index is 1310. The third-order valence-corrected chi connectivity index (χ3v) is 5.57. The minimum Gasteiger partial charge on any atom is -0.337 e. The van der Waals surface area contributed by atoms with Crippen LogP contribution in [-0.2, 0) is 10.0 Å². The molecule has 146 valence electrons. The quantitative estimate of drug-likeness (QED) is 0.469. The van der Waals surface area contributed by atoms with Crippen molar-refractivity contribution in [3.8, 4) is 0 Å². The first-order valence-electron chi connectivity index (χ1n) is 8.48. The fourth-order valence-electron chi connectivity index (χ4n) is 2.68. The molecule has 0 bridgehead atoms. The lowest BCUT2D eigenvalue weighted by atomic mass is 10.3. The van der Waals surface area contributed by atoms with Crippen LogP contribution >= 0.6 is 11.6 Å². The lowest BCUT2D eigenvalue weighted by Gasteiger charge is -2.14. The third kappa shape index (κ3) is 4.28. The number of para-hydroxylation sites is 2. The molecule has 6 nitrogen and oxygen atoms in total. The number of nitrogens with zero attached hydrogens (tertiary/aromatic N) is 2. The van der Waals surface area contributed by atoms with Crippen LogP contribution in [0, 0.1) is 5.82 Å². The monoisotopic (exact) mass is 428 g/mol. The summed E-state index contributed by atoms with van der Waals surface area (Å²) in [7, 11) is -3.98. The number of sulfonamides is 1. The van der Waals surface area contributed by atoms with Gasteiger partial charge in [0.25, 0.3) is 10.0 Å². The molecule has 0 amide bonds. The van der Waals surface area contributed by atoms with Crippen LogP contribution < -0.4 is 10.0 Å². The van der Waals surface area contributed by atoms with Crippen molar-refractivity contribution in [2.75, 3.05) is 10.0 Å². The first-order valence-corrected chi connectivity index (χ1v) is 10.3.